The number of fused-ring (bicyclic) bond motifs is 3. The lowest BCUT2D eigenvalue weighted by atomic mass is 9.89. The monoisotopic (exact) mass is 384 g/mol. The van der Waals surface area contributed by atoms with Gasteiger partial charge in [-0.2, -0.15) is 0 Å². The lowest BCUT2D eigenvalue weighted by Crippen LogP contribution is -2.45. The maximum atomic E-state index is 10.6. The second kappa shape index (κ2) is 8.54. The molecule has 0 unspecified atom stereocenters. The van der Waals surface area contributed by atoms with Crippen LogP contribution >= 0.6 is 0 Å². The Bertz CT molecular complexity index is 813. The molecule has 0 spiro atoms. The van der Waals surface area contributed by atoms with Crippen molar-refractivity contribution in [1.29, 1.82) is 0 Å². The predicted octanol–water partition coefficient (Wildman–Crippen LogP) is 2.54. The van der Waals surface area contributed by atoms with E-state index >= 15 is 0 Å². The molecule has 1 aromatic carbocycles. The Kier molecular flexibility index (Phi) is 6.07. The minimum Gasteiger partial charge on any atom is -0.390 e. The van der Waals surface area contributed by atoms with E-state index in [1.165, 1.54) is 41.4 Å². The molecule has 4 rings (SSSR count). The van der Waals surface area contributed by atoms with Crippen molar-refractivity contribution < 1.29 is 5.11 Å². The average molecular weight is 385 g/mol. The van der Waals surface area contributed by atoms with Gasteiger partial charge in [-0.15, -0.1) is 0 Å². The summed E-state index contributed by atoms with van der Waals surface area (Å²) < 4.78 is 2.57. The third kappa shape index (κ3) is 3.99. The Morgan fingerprint density at radius 1 is 1.29 bits per heavy atom. The Morgan fingerprint density at radius 3 is 2.96 bits per heavy atom. The van der Waals surface area contributed by atoms with Gasteiger partial charge in [-0.3, -0.25) is 4.90 Å². The van der Waals surface area contributed by atoms with Gasteiger partial charge in [0, 0.05) is 42.8 Å². The van der Waals surface area contributed by atoms with E-state index < -0.39 is 0 Å². The van der Waals surface area contributed by atoms with Gasteiger partial charge < -0.3 is 19.9 Å². The molecule has 2 heterocycles. The van der Waals surface area contributed by atoms with Gasteiger partial charge >= 0.3 is 0 Å². The van der Waals surface area contributed by atoms with E-state index in [9.17, 15) is 5.11 Å². The quantitative estimate of drug-likeness (QED) is 0.687. The SMILES string of the molecule is Cc1ccc2c(c1)c1c3n2CCN(C[C@@H](O)CNCCCN(C)C)[C@@H]3CCC1. The molecule has 0 bridgehead atoms. The molecule has 28 heavy (non-hydrogen) atoms. The van der Waals surface area contributed by atoms with Crippen LogP contribution in [0, 0.1) is 6.92 Å². The smallest absolute Gasteiger partial charge is 0.0791 e. The fourth-order valence-electron chi connectivity index (χ4n) is 5.13. The van der Waals surface area contributed by atoms with Crippen LogP contribution in [0.1, 0.15) is 42.1 Å². The number of hydrogen-bond donors (Lipinski definition) is 2. The molecule has 5 heteroatoms. The summed E-state index contributed by atoms with van der Waals surface area (Å²) in [6.45, 7) is 7.77. The molecule has 5 nitrogen and oxygen atoms in total. The summed E-state index contributed by atoms with van der Waals surface area (Å²) in [4.78, 5) is 4.74. The Balaban J connectivity index is 1.43. The maximum absolute atomic E-state index is 10.6. The first-order valence-corrected chi connectivity index (χ1v) is 10.9. The summed E-state index contributed by atoms with van der Waals surface area (Å²) >= 11 is 0. The number of aromatic nitrogens is 1. The van der Waals surface area contributed by atoms with Crippen molar-refractivity contribution in [2.45, 2.75) is 51.3 Å². The highest BCUT2D eigenvalue weighted by molar-refractivity contribution is 5.87. The van der Waals surface area contributed by atoms with Crippen LogP contribution in [0.3, 0.4) is 0 Å². The molecular formula is C23H36N4O. The Labute approximate surface area is 169 Å². The highest BCUT2D eigenvalue weighted by atomic mass is 16.3. The lowest BCUT2D eigenvalue weighted by molar-refractivity contribution is 0.0641. The molecular weight excluding hydrogens is 348 g/mol. The van der Waals surface area contributed by atoms with Crippen LogP contribution in [0.15, 0.2) is 18.2 Å². The zero-order valence-electron chi connectivity index (χ0n) is 17.7. The summed E-state index contributed by atoms with van der Waals surface area (Å²) in [5.41, 5.74) is 5.85. The highest BCUT2D eigenvalue weighted by Crippen LogP contribution is 2.42. The summed E-state index contributed by atoms with van der Waals surface area (Å²) in [7, 11) is 4.20. The summed E-state index contributed by atoms with van der Waals surface area (Å²) in [6, 6.07) is 7.38. The number of aliphatic hydroxyl groups excluding tert-OH is 1. The van der Waals surface area contributed by atoms with E-state index in [-0.39, 0.29) is 6.10 Å². The minimum atomic E-state index is -0.303. The molecule has 0 saturated carbocycles. The number of aryl methyl sites for hydroxylation is 2. The molecule has 154 valence electrons. The van der Waals surface area contributed by atoms with Gasteiger partial charge in [-0.05, 0) is 77.5 Å². The number of aliphatic hydroxyl groups is 1. The van der Waals surface area contributed by atoms with E-state index in [2.05, 4.69) is 58.9 Å². The molecule has 1 aromatic heterocycles. The Morgan fingerprint density at radius 2 is 2.14 bits per heavy atom. The molecule has 1 aliphatic heterocycles. The molecule has 2 atom stereocenters. The fraction of sp³-hybridized carbons (Fsp3) is 0.652. The number of rotatable bonds is 8. The van der Waals surface area contributed by atoms with Crippen LogP contribution in [0.25, 0.3) is 10.9 Å². The number of benzene rings is 1. The topological polar surface area (TPSA) is 43.7 Å². The van der Waals surface area contributed by atoms with Crippen molar-refractivity contribution in [3.63, 3.8) is 0 Å². The van der Waals surface area contributed by atoms with Gasteiger partial charge in [-0.1, -0.05) is 11.6 Å². The summed E-state index contributed by atoms with van der Waals surface area (Å²) in [5, 5.41) is 15.5. The van der Waals surface area contributed by atoms with Crippen LogP contribution in [0.2, 0.25) is 0 Å². The average Bonchev–Trinajstić information content (AvgIpc) is 2.98. The molecule has 0 fully saturated rings. The van der Waals surface area contributed by atoms with Gasteiger partial charge in [0.05, 0.1) is 12.1 Å². The first kappa shape index (κ1) is 19.9. The molecule has 0 amide bonds. The van der Waals surface area contributed by atoms with E-state index in [0.29, 0.717) is 12.6 Å². The van der Waals surface area contributed by atoms with E-state index in [4.69, 9.17) is 0 Å². The maximum Gasteiger partial charge on any atom is 0.0791 e. The lowest BCUT2D eigenvalue weighted by Gasteiger charge is -2.40. The van der Waals surface area contributed by atoms with Gasteiger partial charge in [0.15, 0.2) is 0 Å². The Hall–Kier alpha value is -1.40. The highest BCUT2D eigenvalue weighted by Gasteiger charge is 2.35. The predicted molar refractivity (Wildman–Crippen MR) is 116 cm³/mol. The second-order valence-corrected chi connectivity index (χ2v) is 8.95. The molecule has 0 radical (unpaired) electrons. The van der Waals surface area contributed by atoms with Crippen molar-refractivity contribution >= 4 is 10.9 Å². The van der Waals surface area contributed by atoms with Crippen molar-refractivity contribution in [1.82, 2.24) is 19.7 Å². The molecule has 0 saturated heterocycles. The zero-order valence-corrected chi connectivity index (χ0v) is 17.7. The van der Waals surface area contributed by atoms with Crippen LogP contribution in [-0.4, -0.2) is 72.4 Å². The third-order valence-electron chi connectivity index (χ3n) is 6.42. The van der Waals surface area contributed by atoms with Crippen molar-refractivity contribution in [3.05, 3.63) is 35.0 Å². The van der Waals surface area contributed by atoms with E-state index in [1.807, 2.05) is 0 Å². The number of nitrogens with zero attached hydrogens (tertiary/aromatic N) is 3. The van der Waals surface area contributed by atoms with Gasteiger partial charge in [0.2, 0.25) is 0 Å². The van der Waals surface area contributed by atoms with E-state index in [1.54, 1.807) is 5.56 Å². The van der Waals surface area contributed by atoms with Gasteiger partial charge in [-0.25, -0.2) is 0 Å². The second-order valence-electron chi connectivity index (χ2n) is 8.95. The number of hydrogen-bond acceptors (Lipinski definition) is 4. The standard InChI is InChI=1S/C23H36N4O/c1-17-8-9-21-20(14-17)19-6-4-7-22-23(19)27(21)13-12-26(22)16-18(28)15-24-10-5-11-25(2)3/h8-9,14,18,22,24,28H,4-7,10-13,15-16H2,1-3H3/t18-,22+/m0/s1. The van der Waals surface area contributed by atoms with E-state index in [0.717, 1.165) is 39.1 Å². The number of nitrogens with one attached hydrogen (secondary N) is 1. The van der Waals surface area contributed by atoms with Crippen LogP contribution in [0.4, 0.5) is 0 Å². The third-order valence-corrected chi connectivity index (χ3v) is 6.42. The molecule has 2 aromatic rings. The summed E-state index contributed by atoms with van der Waals surface area (Å²) in [6.07, 6.45) is 4.48. The fourth-order valence-corrected chi connectivity index (χ4v) is 5.13. The molecule has 2 N–H and O–H groups in total. The first-order chi connectivity index (χ1) is 13.5. The minimum absolute atomic E-state index is 0.303. The molecule has 2 aliphatic rings. The zero-order chi connectivity index (χ0) is 19.7. The number of β-amino-alcohol motifs (C(OH)–C–C–N with tert-alkyl or cyclic N) is 1. The molecule has 1 aliphatic carbocycles. The van der Waals surface area contributed by atoms with Crippen LogP contribution in [0.5, 0.6) is 0 Å². The van der Waals surface area contributed by atoms with Crippen LogP contribution in [-0.2, 0) is 13.0 Å². The first-order valence-electron chi connectivity index (χ1n) is 10.9. The van der Waals surface area contributed by atoms with Crippen molar-refractivity contribution in [3.8, 4) is 0 Å². The van der Waals surface area contributed by atoms with Gasteiger partial charge in [0.1, 0.15) is 0 Å². The van der Waals surface area contributed by atoms with Gasteiger partial charge in [0.25, 0.3) is 0 Å². The van der Waals surface area contributed by atoms with Crippen molar-refractivity contribution in [2.24, 2.45) is 0 Å². The van der Waals surface area contributed by atoms with Crippen LogP contribution < -0.4 is 5.32 Å². The largest absolute Gasteiger partial charge is 0.390 e. The summed E-state index contributed by atoms with van der Waals surface area (Å²) in [5.74, 6) is 0. The van der Waals surface area contributed by atoms with Crippen molar-refractivity contribution in [2.75, 3.05) is 46.8 Å². The normalized spacial score (nSPS) is 20.7.